The van der Waals surface area contributed by atoms with E-state index in [0.29, 0.717) is 0 Å². The summed E-state index contributed by atoms with van der Waals surface area (Å²) in [7, 11) is 0. The van der Waals surface area contributed by atoms with Gasteiger partial charge in [0.05, 0.1) is 0 Å². The van der Waals surface area contributed by atoms with Gasteiger partial charge in [-0.05, 0) is 30.6 Å². The van der Waals surface area contributed by atoms with Crippen LogP contribution in [0.2, 0.25) is 0 Å². The van der Waals surface area contributed by atoms with Crippen molar-refractivity contribution < 1.29 is 0 Å². The maximum atomic E-state index is 2.35. The number of hydrogen-bond acceptors (Lipinski definition) is 0. The van der Waals surface area contributed by atoms with Gasteiger partial charge in [-0.15, -0.1) is 0 Å². The first kappa shape index (κ1) is 7.64. The lowest BCUT2D eigenvalue weighted by Crippen LogP contribution is -1.95. The van der Waals surface area contributed by atoms with Gasteiger partial charge in [-0.1, -0.05) is 39.0 Å². The highest BCUT2D eigenvalue weighted by Gasteiger charge is 2.36. The Labute approximate surface area is 70.4 Å². The fraction of sp³-hybridized carbons (Fsp3) is 1.00. The fourth-order valence-electron chi connectivity index (χ4n) is 2.77. The van der Waals surface area contributed by atoms with Crippen LogP contribution in [0.3, 0.4) is 0 Å². The largest absolute Gasteiger partial charge is 0.0651 e. The Hall–Kier alpha value is 0. The standard InChI is InChI=1S/C11H20/c1-2-10-8-11(10)7-9-5-3-4-6-9/h9-11H,2-8H2,1H3. The average Bonchev–Trinajstić information content (AvgIpc) is 2.54. The van der Waals surface area contributed by atoms with Crippen molar-refractivity contribution in [3.05, 3.63) is 0 Å². The van der Waals surface area contributed by atoms with Gasteiger partial charge in [0.1, 0.15) is 0 Å². The fourth-order valence-corrected chi connectivity index (χ4v) is 2.77. The monoisotopic (exact) mass is 152 g/mol. The molecule has 2 atom stereocenters. The molecule has 0 bridgehead atoms. The molecule has 2 aliphatic carbocycles. The molecule has 2 unspecified atom stereocenters. The lowest BCUT2D eigenvalue weighted by molar-refractivity contribution is 0.451. The minimum Gasteiger partial charge on any atom is -0.0651 e. The molecule has 0 heterocycles. The Balaban J connectivity index is 1.66. The minimum absolute atomic E-state index is 1.13. The second kappa shape index (κ2) is 3.16. The Kier molecular flexibility index (Phi) is 2.20. The molecule has 0 aromatic carbocycles. The third kappa shape index (κ3) is 1.77. The third-order valence-electron chi connectivity index (χ3n) is 3.70. The highest BCUT2D eigenvalue weighted by Crippen LogP contribution is 2.47. The van der Waals surface area contributed by atoms with Gasteiger partial charge in [-0.2, -0.15) is 0 Å². The zero-order valence-corrected chi connectivity index (χ0v) is 7.68. The zero-order chi connectivity index (χ0) is 7.68. The van der Waals surface area contributed by atoms with Gasteiger partial charge in [0.15, 0.2) is 0 Å². The molecule has 0 aliphatic heterocycles. The average molecular weight is 152 g/mol. The molecule has 0 nitrogen and oxygen atoms in total. The van der Waals surface area contributed by atoms with Crippen molar-refractivity contribution in [2.75, 3.05) is 0 Å². The predicted octanol–water partition coefficient (Wildman–Crippen LogP) is 3.61. The molecule has 0 aromatic heterocycles. The van der Waals surface area contributed by atoms with Crippen LogP contribution in [-0.2, 0) is 0 Å². The summed E-state index contributed by atoms with van der Waals surface area (Å²) in [6.45, 7) is 2.35. The molecular weight excluding hydrogens is 132 g/mol. The Bertz CT molecular complexity index is 122. The molecule has 0 spiro atoms. The predicted molar refractivity (Wildman–Crippen MR) is 48.5 cm³/mol. The molecule has 0 N–H and O–H groups in total. The van der Waals surface area contributed by atoms with Crippen molar-refractivity contribution >= 4 is 0 Å². The topological polar surface area (TPSA) is 0 Å². The Morgan fingerprint density at radius 2 is 1.82 bits per heavy atom. The zero-order valence-electron chi connectivity index (χ0n) is 7.68. The number of rotatable bonds is 3. The van der Waals surface area contributed by atoms with Crippen LogP contribution in [-0.4, -0.2) is 0 Å². The normalized spacial score (nSPS) is 37.9. The van der Waals surface area contributed by atoms with Crippen LogP contribution in [0.15, 0.2) is 0 Å². The quantitative estimate of drug-likeness (QED) is 0.579. The maximum absolute atomic E-state index is 2.35. The molecule has 0 amide bonds. The van der Waals surface area contributed by atoms with Gasteiger partial charge in [0.2, 0.25) is 0 Å². The summed E-state index contributed by atoms with van der Waals surface area (Å²) in [5.41, 5.74) is 0. The molecule has 64 valence electrons. The van der Waals surface area contributed by atoms with E-state index in [2.05, 4.69) is 6.92 Å². The van der Waals surface area contributed by atoms with E-state index in [0.717, 1.165) is 17.8 Å². The van der Waals surface area contributed by atoms with E-state index in [-0.39, 0.29) is 0 Å². The van der Waals surface area contributed by atoms with Gasteiger partial charge < -0.3 is 0 Å². The highest BCUT2D eigenvalue weighted by atomic mass is 14.4. The molecule has 11 heavy (non-hydrogen) atoms. The summed E-state index contributed by atoms with van der Waals surface area (Å²) >= 11 is 0. The van der Waals surface area contributed by atoms with Crippen LogP contribution >= 0.6 is 0 Å². The van der Waals surface area contributed by atoms with Gasteiger partial charge >= 0.3 is 0 Å². The smallest absolute Gasteiger partial charge is 0.0380 e. The summed E-state index contributed by atoms with van der Waals surface area (Å²) in [5.74, 6) is 3.43. The molecule has 2 saturated carbocycles. The summed E-state index contributed by atoms with van der Waals surface area (Å²) < 4.78 is 0. The van der Waals surface area contributed by atoms with Crippen LogP contribution in [0.5, 0.6) is 0 Å². The van der Waals surface area contributed by atoms with E-state index in [1.165, 1.54) is 19.3 Å². The SMILES string of the molecule is CCC1CC1CC1CCCC1. The lowest BCUT2D eigenvalue weighted by Gasteiger charge is -2.06. The summed E-state index contributed by atoms with van der Waals surface area (Å²) in [4.78, 5) is 0. The van der Waals surface area contributed by atoms with E-state index in [1.807, 2.05) is 0 Å². The van der Waals surface area contributed by atoms with Gasteiger partial charge in [-0.3, -0.25) is 0 Å². The molecular formula is C11H20. The second-order valence-electron chi connectivity index (χ2n) is 4.55. The first-order chi connectivity index (χ1) is 5.40. The molecule has 2 rings (SSSR count). The molecule has 2 fully saturated rings. The van der Waals surface area contributed by atoms with E-state index in [4.69, 9.17) is 0 Å². The molecule has 0 saturated heterocycles. The van der Waals surface area contributed by atoms with Crippen molar-refractivity contribution in [2.45, 2.75) is 51.9 Å². The lowest BCUT2D eigenvalue weighted by atomic mass is 9.99. The first-order valence-electron chi connectivity index (χ1n) is 5.40. The van der Waals surface area contributed by atoms with Crippen LogP contribution in [0.25, 0.3) is 0 Å². The van der Waals surface area contributed by atoms with Crippen LogP contribution in [0.4, 0.5) is 0 Å². The maximum Gasteiger partial charge on any atom is -0.0380 e. The molecule has 0 aromatic rings. The Morgan fingerprint density at radius 1 is 1.09 bits per heavy atom. The van der Waals surface area contributed by atoms with Crippen molar-refractivity contribution in [3.63, 3.8) is 0 Å². The number of hydrogen-bond donors (Lipinski definition) is 0. The highest BCUT2D eigenvalue weighted by molar-refractivity contribution is 4.87. The molecule has 2 aliphatic rings. The van der Waals surface area contributed by atoms with E-state index < -0.39 is 0 Å². The van der Waals surface area contributed by atoms with Gasteiger partial charge in [0.25, 0.3) is 0 Å². The second-order valence-corrected chi connectivity index (χ2v) is 4.55. The summed E-state index contributed by atoms with van der Waals surface area (Å²) in [6, 6.07) is 0. The molecule has 0 heteroatoms. The first-order valence-corrected chi connectivity index (χ1v) is 5.40. The van der Waals surface area contributed by atoms with Gasteiger partial charge in [-0.25, -0.2) is 0 Å². The van der Waals surface area contributed by atoms with Crippen LogP contribution in [0, 0.1) is 17.8 Å². The van der Waals surface area contributed by atoms with E-state index in [9.17, 15) is 0 Å². The molecule has 0 radical (unpaired) electrons. The van der Waals surface area contributed by atoms with E-state index >= 15 is 0 Å². The third-order valence-corrected chi connectivity index (χ3v) is 3.70. The van der Waals surface area contributed by atoms with Crippen LogP contribution < -0.4 is 0 Å². The minimum atomic E-state index is 1.13. The van der Waals surface area contributed by atoms with Crippen molar-refractivity contribution in [1.82, 2.24) is 0 Å². The van der Waals surface area contributed by atoms with Crippen molar-refractivity contribution in [3.8, 4) is 0 Å². The summed E-state index contributed by atoms with van der Waals surface area (Å²) in [5, 5.41) is 0. The van der Waals surface area contributed by atoms with E-state index in [1.54, 1.807) is 25.7 Å². The Morgan fingerprint density at radius 3 is 2.36 bits per heavy atom. The van der Waals surface area contributed by atoms with Crippen LogP contribution in [0.1, 0.15) is 51.9 Å². The van der Waals surface area contributed by atoms with Crippen molar-refractivity contribution in [1.29, 1.82) is 0 Å². The van der Waals surface area contributed by atoms with Crippen molar-refractivity contribution in [2.24, 2.45) is 17.8 Å². The summed E-state index contributed by atoms with van der Waals surface area (Å²) in [6.07, 6.45) is 10.7. The van der Waals surface area contributed by atoms with Gasteiger partial charge in [0, 0.05) is 0 Å².